The molecule has 1 saturated heterocycles. The number of amides is 6. The highest BCUT2D eigenvalue weighted by Crippen LogP contribution is 2.66. The summed E-state index contributed by atoms with van der Waals surface area (Å²) in [5.41, 5.74) is 5.96. The van der Waals surface area contributed by atoms with Crippen LogP contribution < -0.4 is 26.2 Å². The first-order valence-corrected chi connectivity index (χ1v) is 28.7. The second kappa shape index (κ2) is 21.1. The zero-order chi connectivity index (χ0) is 54.6. The van der Waals surface area contributed by atoms with Gasteiger partial charge in [0.25, 0.3) is 17.7 Å². The summed E-state index contributed by atoms with van der Waals surface area (Å²) in [6.07, 6.45) is 14.3. The standard InChI is InChI=1S/C60H64N10O8S/c1-35-42(39-18-20-48(65-51(39)56(76)77)68-25-22-38-12-10-13-40(43(38)32-68)52(72)67-58-64-44-15-6-7-17-47(44)79-58)31-63-69(35)34-59-27-36-26-37(28-59)30-60(29-36,33-59)57(78)62-24-9-5-3-2-4-8-23-61-45-16-11-14-41-50(45)55(75)70(54(41)74)46-19-21-49(71)66-53(46)73/h6-7,10-18,20,31,36-37,46,61H,2-5,8-9,19,21-30,32-34H2,1H3,(H,62,78)(H,76,77)(H,64,67,72)(H,66,71,73). The maximum atomic E-state index is 14.3. The van der Waals surface area contributed by atoms with Crippen molar-refractivity contribution in [3.63, 3.8) is 0 Å². The van der Waals surface area contributed by atoms with Gasteiger partial charge >= 0.3 is 5.97 Å². The summed E-state index contributed by atoms with van der Waals surface area (Å²) in [5.74, 6) is -1.78. The maximum absolute atomic E-state index is 14.3. The number of hydrogen-bond donors (Lipinski definition) is 5. The van der Waals surface area contributed by atoms with E-state index < -0.39 is 41.1 Å². The van der Waals surface area contributed by atoms with Gasteiger partial charge in [0, 0.05) is 67.2 Å². The summed E-state index contributed by atoms with van der Waals surface area (Å²) in [5, 5.41) is 28.0. The molecule has 4 saturated carbocycles. The summed E-state index contributed by atoms with van der Waals surface area (Å²) >= 11 is 1.43. The quantitative estimate of drug-likeness (QED) is 0.0377. The molecule has 0 radical (unpaired) electrons. The second-order valence-corrected chi connectivity index (χ2v) is 24.0. The van der Waals surface area contributed by atoms with Crippen molar-refractivity contribution in [3.05, 3.63) is 118 Å². The Labute approximate surface area is 461 Å². The fourth-order valence-corrected chi connectivity index (χ4v) is 15.3. The van der Waals surface area contributed by atoms with Crippen LogP contribution in [0.5, 0.6) is 0 Å². The molecule has 6 heterocycles. The molecule has 3 aromatic carbocycles. The molecule has 5 fully saturated rings. The monoisotopic (exact) mass is 1080 g/mol. The normalized spacial score (nSPS) is 23.0. The lowest BCUT2D eigenvalue weighted by atomic mass is 9.44. The summed E-state index contributed by atoms with van der Waals surface area (Å²) in [7, 11) is 0. The largest absolute Gasteiger partial charge is 0.476 e. The number of hydrogen-bond acceptors (Lipinski definition) is 13. The molecule has 6 amide bonds. The number of thiazole rings is 1. The van der Waals surface area contributed by atoms with Crippen molar-refractivity contribution in [1.82, 2.24) is 35.3 Å². The van der Waals surface area contributed by atoms with Crippen LogP contribution in [0.1, 0.15) is 148 Å². The number of aromatic nitrogens is 4. The third kappa shape index (κ3) is 9.94. The number of aromatic carboxylic acids is 1. The molecule has 4 bridgehead atoms. The molecule has 3 aromatic heterocycles. The number of benzene rings is 3. The summed E-state index contributed by atoms with van der Waals surface area (Å²) in [6, 6.07) is 21.3. The zero-order valence-electron chi connectivity index (χ0n) is 44.3. The Kier molecular flexibility index (Phi) is 13.9. The predicted octanol–water partition coefficient (Wildman–Crippen LogP) is 8.93. The Morgan fingerprint density at radius 1 is 0.810 bits per heavy atom. The molecule has 4 aliphatic carbocycles. The van der Waals surface area contributed by atoms with Gasteiger partial charge in [-0.15, -0.1) is 0 Å². The third-order valence-electron chi connectivity index (χ3n) is 17.7. The Bertz CT molecular complexity index is 3430. The Morgan fingerprint density at radius 2 is 1.58 bits per heavy atom. The van der Waals surface area contributed by atoms with Crippen LogP contribution in [0.15, 0.2) is 79.0 Å². The molecule has 0 spiro atoms. The van der Waals surface area contributed by atoms with Crippen LogP contribution >= 0.6 is 11.3 Å². The van der Waals surface area contributed by atoms with Gasteiger partial charge in [0.05, 0.1) is 33.0 Å². The van der Waals surface area contributed by atoms with Gasteiger partial charge in [-0.2, -0.15) is 5.10 Å². The van der Waals surface area contributed by atoms with E-state index in [0.29, 0.717) is 78.7 Å². The predicted molar refractivity (Wildman–Crippen MR) is 298 cm³/mol. The number of carboxylic acid groups (broad SMARTS) is 1. The van der Waals surface area contributed by atoms with Crippen LogP contribution in [0.2, 0.25) is 0 Å². The van der Waals surface area contributed by atoms with Gasteiger partial charge in [0.15, 0.2) is 10.8 Å². The minimum absolute atomic E-state index is 0.0546. The van der Waals surface area contributed by atoms with Crippen LogP contribution in [-0.4, -0.2) is 96.8 Å². The number of carbonyl (C=O) groups excluding carboxylic acids is 6. The average Bonchev–Trinajstić information content (AvgIpc) is 4.15. The van der Waals surface area contributed by atoms with Crippen molar-refractivity contribution in [1.29, 1.82) is 0 Å². The number of pyridine rings is 1. The van der Waals surface area contributed by atoms with Crippen LogP contribution in [0.3, 0.4) is 0 Å². The summed E-state index contributed by atoms with van der Waals surface area (Å²) < 4.78 is 3.02. The van der Waals surface area contributed by atoms with E-state index >= 15 is 0 Å². The van der Waals surface area contributed by atoms with Crippen molar-refractivity contribution in [2.24, 2.45) is 22.7 Å². The topological polar surface area (TPSA) is 238 Å². The average molecular weight is 1090 g/mol. The highest BCUT2D eigenvalue weighted by atomic mass is 32.1. The van der Waals surface area contributed by atoms with Crippen LogP contribution in [-0.2, 0) is 33.9 Å². The van der Waals surface area contributed by atoms with Gasteiger partial charge in [-0.3, -0.25) is 49.0 Å². The number of unbranched alkanes of at least 4 members (excludes halogenated alkanes) is 5. The number of imide groups is 2. The Morgan fingerprint density at radius 3 is 2.37 bits per heavy atom. The van der Waals surface area contributed by atoms with E-state index in [-0.39, 0.29) is 46.9 Å². The summed E-state index contributed by atoms with van der Waals surface area (Å²) in [4.78, 5) is 104. The van der Waals surface area contributed by atoms with Gasteiger partial charge < -0.3 is 20.6 Å². The fraction of sp³-hybridized carbons (Fsp3) is 0.433. The van der Waals surface area contributed by atoms with Crippen molar-refractivity contribution in [2.45, 2.75) is 122 Å². The van der Waals surface area contributed by atoms with E-state index in [0.717, 1.165) is 115 Å². The number of rotatable bonds is 19. The van der Waals surface area contributed by atoms with Gasteiger partial charge in [0.2, 0.25) is 17.7 Å². The van der Waals surface area contributed by atoms with Crippen LogP contribution in [0.25, 0.3) is 21.3 Å². The first-order valence-electron chi connectivity index (χ1n) is 27.9. The van der Waals surface area contributed by atoms with Gasteiger partial charge in [0.1, 0.15) is 11.9 Å². The molecule has 6 aromatic rings. The number of anilines is 3. The van der Waals surface area contributed by atoms with E-state index in [2.05, 4.69) is 26.3 Å². The smallest absolute Gasteiger partial charge is 0.355 e. The van der Waals surface area contributed by atoms with E-state index in [9.17, 15) is 38.7 Å². The van der Waals surface area contributed by atoms with Crippen LogP contribution in [0, 0.1) is 29.6 Å². The van der Waals surface area contributed by atoms with Gasteiger partial charge in [-0.1, -0.05) is 67.4 Å². The Hall–Kier alpha value is -7.80. The minimum Gasteiger partial charge on any atom is -0.476 e. The van der Waals surface area contributed by atoms with E-state index in [1.807, 2.05) is 71.1 Å². The van der Waals surface area contributed by atoms with Crippen molar-refractivity contribution in [3.8, 4) is 11.1 Å². The van der Waals surface area contributed by atoms with E-state index in [4.69, 9.17) is 10.1 Å². The highest BCUT2D eigenvalue weighted by Gasteiger charge is 2.60. The molecule has 18 nitrogen and oxygen atoms in total. The number of nitrogens with zero attached hydrogens (tertiary/aromatic N) is 6. The van der Waals surface area contributed by atoms with Crippen LogP contribution in [0.4, 0.5) is 16.6 Å². The molecule has 7 aliphatic rings. The first kappa shape index (κ1) is 51.9. The number of carboxylic acids is 1. The molecule has 5 N–H and O–H groups in total. The summed E-state index contributed by atoms with van der Waals surface area (Å²) in [6.45, 7) is 4.92. The lowest BCUT2D eigenvalue weighted by Crippen LogP contribution is -2.58. The maximum Gasteiger partial charge on any atom is 0.355 e. The first-order chi connectivity index (χ1) is 38.2. The number of piperidine rings is 1. The Balaban J connectivity index is 0.625. The second-order valence-electron chi connectivity index (χ2n) is 22.9. The molecular weight excluding hydrogens is 1020 g/mol. The molecule has 3 unspecified atom stereocenters. The molecule has 408 valence electrons. The van der Waals surface area contributed by atoms with Gasteiger partial charge in [-0.05, 0) is 142 Å². The highest BCUT2D eigenvalue weighted by molar-refractivity contribution is 7.22. The zero-order valence-corrected chi connectivity index (χ0v) is 45.1. The molecular formula is C60H64N10O8S. The molecule has 3 atom stereocenters. The number of carbonyl (C=O) groups is 7. The lowest BCUT2D eigenvalue weighted by Gasteiger charge is -2.61. The number of fused-ring (bicyclic) bond motifs is 3. The third-order valence-corrected chi connectivity index (χ3v) is 18.6. The van der Waals surface area contributed by atoms with Gasteiger partial charge in [-0.25, -0.2) is 14.8 Å². The van der Waals surface area contributed by atoms with Crippen molar-refractivity contribution in [2.75, 3.05) is 35.2 Å². The lowest BCUT2D eigenvalue weighted by molar-refractivity contribution is -0.159. The van der Waals surface area contributed by atoms with Crippen molar-refractivity contribution < 1.29 is 38.7 Å². The molecule has 3 aliphatic heterocycles. The van der Waals surface area contributed by atoms with Crippen molar-refractivity contribution >= 4 is 79.6 Å². The van der Waals surface area contributed by atoms with E-state index in [1.54, 1.807) is 24.4 Å². The number of nitrogens with one attached hydrogen (secondary N) is 4. The fourth-order valence-electron chi connectivity index (χ4n) is 14.4. The molecule has 19 heteroatoms. The number of para-hydroxylation sites is 1. The van der Waals surface area contributed by atoms with E-state index in [1.165, 1.54) is 11.3 Å². The minimum atomic E-state index is -1.13. The SMILES string of the molecule is Cc1c(-c2ccc(N3CCc4cccc(C(=O)Nc5nc6ccccc6s5)c4C3)nc2C(=O)O)cnn1CC12CC3CC(C1)CC(C(=O)NCCCCCCCCNc1cccc4c1C(=O)N(C1CCC(=O)NC1=O)C4=O)(C3)C2. The molecule has 79 heavy (non-hydrogen) atoms. The molecule has 13 rings (SSSR count).